The molecule has 2 aliphatic heterocycles. The molecule has 0 saturated carbocycles. The van der Waals surface area contributed by atoms with Crippen LogP contribution in [0, 0.1) is 6.92 Å². The van der Waals surface area contributed by atoms with Crippen LogP contribution in [0.5, 0.6) is 0 Å². The van der Waals surface area contributed by atoms with Crippen molar-refractivity contribution in [2.24, 2.45) is 0 Å². The number of fused-ring (bicyclic) bond motifs is 1. The van der Waals surface area contributed by atoms with E-state index in [0.29, 0.717) is 6.54 Å². The molecule has 30 heavy (non-hydrogen) atoms. The average Bonchev–Trinajstić information content (AvgIpc) is 3.16. The van der Waals surface area contributed by atoms with E-state index >= 15 is 0 Å². The van der Waals surface area contributed by atoms with Gasteiger partial charge in [0, 0.05) is 70.5 Å². The van der Waals surface area contributed by atoms with Crippen LogP contribution in [0.3, 0.4) is 0 Å². The van der Waals surface area contributed by atoms with Gasteiger partial charge in [-0.25, -0.2) is 4.68 Å². The number of nitrogens with one attached hydrogen (secondary N) is 1. The molecule has 2 aliphatic rings. The van der Waals surface area contributed by atoms with Crippen molar-refractivity contribution in [2.75, 3.05) is 57.3 Å². The largest absolute Gasteiger partial charge is 0.352 e. The number of nitrogens with zero attached hydrogens (tertiary/aromatic N) is 5. The van der Waals surface area contributed by atoms with Gasteiger partial charge in [0.05, 0.1) is 5.69 Å². The maximum atomic E-state index is 12.5. The van der Waals surface area contributed by atoms with E-state index in [9.17, 15) is 4.79 Å². The summed E-state index contributed by atoms with van der Waals surface area (Å²) in [4.78, 5) is 19.8. The molecule has 1 N–H and O–H groups in total. The number of benzene rings is 1. The van der Waals surface area contributed by atoms with Crippen molar-refractivity contribution in [3.05, 3.63) is 47.2 Å². The number of carbonyl (C=O) groups excluding carboxylic acids is 1. The van der Waals surface area contributed by atoms with Crippen LogP contribution in [0.1, 0.15) is 35.0 Å². The average molecular weight is 411 g/mol. The summed E-state index contributed by atoms with van der Waals surface area (Å²) in [5, 5.41) is 7.64. The lowest BCUT2D eigenvalue weighted by Crippen LogP contribution is -2.48. The second kappa shape index (κ2) is 9.62. The fourth-order valence-corrected chi connectivity index (χ4v) is 4.38. The highest BCUT2D eigenvalue weighted by molar-refractivity contribution is 5.94. The quantitative estimate of drug-likeness (QED) is 0.756. The van der Waals surface area contributed by atoms with Crippen molar-refractivity contribution in [1.29, 1.82) is 0 Å². The molecule has 1 fully saturated rings. The van der Waals surface area contributed by atoms with Crippen molar-refractivity contribution in [1.82, 2.24) is 24.9 Å². The zero-order chi connectivity index (χ0) is 20.9. The van der Waals surface area contributed by atoms with Gasteiger partial charge in [0.2, 0.25) is 0 Å². The van der Waals surface area contributed by atoms with Crippen molar-refractivity contribution < 1.29 is 4.79 Å². The number of hydrogen-bond donors (Lipinski definition) is 1. The maximum Gasteiger partial charge on any atom is 0.251 e. The van der Waals surface area contributed by atoms with Crippen LogP contribution >= 0.6 is 0 Å². The Labute approximate surface area is 179 Å². The Hall–Kier alpha value is -2.38. The summed E-state index contributed by atoms with van der Waals surface area (Å²) >= 11 is 0. The van der Waals surface area contributed by atoms with Gasteiger partial charge in [0.15, 0.2) is 0 Å². The van der Waals surface area contributed by atoms with E-state index in [0.717, 1.165) is 76.6 Å². The van der Waals surface area contributed by atoms with E-state index in [1.165, 1.54) is 11.4 Å². The van der Waals surface area contributed by atoms with E-state index in [1.54, 1.807) is 0 Å². The van der Waals surface area contributed by atoms with Gasteiger partial charge in [-0.1, -0.05) is 19.1 Å². The summed E-state index contributed by atoms with van der Waals surface area (Å²) in [6.45, 7) is 14.3. The first kappa shape index (κ1) is 20.9. The van der Waals surface area contributed by atoms with Gasteiger partial charge in [-0.2, -0.15) is 5.10 Å². The lowest BCUT2D eigenvalue weighted by Gasteiger charge is -2.33. The molecular weight excluding hydrogens is 376 g/mol. The lowest BCUT2D eigenvalue weighted by molar-refractivity contribution is 0.0938. The Bertz CT molecular complexity index is 838. The van der Waals surface area contributed by atoms with Gasteiger partial charge in [-0.3, -0.25) is 9.69 Å². The van der Waals surface area contributed by atoms with Crippen LogP contribution in [0.2, 0.25) is 0 Å². The zero-order valence-electron chi connectivity index (χ0n) is 18.3. The standard InChI is InChI=1S/C23H34N6O/c1-3-26-13-15-27(16-14-26)12-9-24-23(30)21-7-5-20(6-8-21)18-28-10-4-11-29-22(28)17-19(2)25-29/h5-8,17H,3-4,9-16,18H2,1-2H3,(H,24,30). The van der Waals surface area contributed by atoms with Gasteiger partial charge in [-0.15, -0.1) is 0 Å². The second-order valence-corrected chi connectivity index (χ2v) is 8.37. The van der Waals surface area contributed by atoms with E-state index in [4.69, 9.17) is 0 Å². The maximum absolute atomic E-state index is 12.5. The minimum atomic E-state index is 0.0143. The number of piperazine rings is 1. The third-order valence-electron chi connectivity index (χ3n) is 6.22. The molecule has 1 aromatic heterocycles. The SMILES string of the molecule is CCN1CCN(CCNC(=O)c2ccc(CN3CCCn4nc(C)cc43)cc2)CC1. The molecule has 2 aromatic rings. The Kier molecular flexibility index (Phi) is 6.69. The second-order valence-electron chi connectivity index (χ2n) is 8.37. The predicted molar refractivity (Wildman–Crippen MR) is 120 cm³/mol. The van der Waals surface area contributed by atoms with Crippen molar-refractivity contribution in [3.63, 3.8) is 0 Å². The lowest BCUT2D eigenvalue weighted by atomic mass is 10.1. The van der Waals surface area contributed by atoms with Crippen molar-refractivity contribution >= 4 is 11.7 Å². The van der Waals surface area contributed by atoms with Gasteiger partial charge in [0.25, 0.3) is 5.91 Å². The third kappa shape index (κ3) is 5.02. The highest BCUT2D eigenvalue weighted by Gasteiger charge is 2.19. The minimum absolute atomic E-state index is 0.0143. The number of amides is 1. The van der Waals surface area contributed by atoms with Crippen LogP contribution in [0.25, 0.3) is 0 Å². The molecule has 1 saturated heterocycles. The van der Waals surface area contributed by atoms with E-state index in [-0.39, 0.29) is 5.91 Å². The molecule has 3 heterocycles. The van der Waals surface area contributed by atoms with Crippen molar-refractivity contribution in [2.45, 2.75) is 33.4 Å². The summed E-state index contributed by atoms with van der Waals surface area (Å²) in [7, 11) is 0. The van der Waals surface area contributed by atoms with Gasteiger partial charge < -0.3 is 15.1 Å². The van der Waals surface area contributed by atoms with Crippen LogP contribution in [-0.4, -0.2) is 77.8 Å². The molecule has 0 bridgehead atoms. The normalized spacial score (nSPS) is 17.7. The molecular formula is C23H34N6O. The summed E-state index contributed by atoms with van der Waals surface area (Å²) in [5.74, 6) is 1.21. The first-order valence-electron chi connectivity index (χ1n) is 11.2. The van der Waals surface area contributed by atoms with E-state index in [2.05, 4.69) is 54.9 Å². The first-order valence-corrected chi connectivity index (χ1v) is 11.2. The molecule has 1 aromatic carbocycles. The topological polar surface area (TPSA) is 56.6 Å². The fourth-order valence-electron chi connectivity index (χ4n) is 4.38. The van der Waals surface area contributed by atoms with Gasteiger partial charge >= 0.3 is 0 Å². The number of anilines is 1. The summed E-state index contributed by atoms with van der Waals surface area (Å²) < 4.78 is 2.10. The molecule has 0 atom stereocenters. The highest BCUT2D eigenvalue weighted by atomic mass is 16.1. The highest BCUT2D eigenvalue weighted by Crippen LogP contribution is 2.23. The Balaban J connectivity index is 1.25. The Morgan fingerprint density at radius 1 is 1.03 bits per heavy atom. The minimum Gasteiger partial charge on any atom is -0.352 e. The monoisotopic (exact) mass is 410 g/mol. The number of rotatable bonds is 7. The summed E-state index contributed by atoms with van der Waals surface area (Å²) in [6.07, 6.45) is 1.11. The van der Waals surface area contributed by atoms with Crippen LogP contribution < -0.4 is 10.2 Å². The van der Waals surface area contributed by atoms with Crippen LogP contribution in [-0.2, 0) is 13.1 Å². The molecule has 0 spiro atoms. The third-order valence-corrected chi connectivity index (χ3v) is 6.22. The molecule has 0 unspecified atom stereocenters. The first-order chi connectivity index (χ1) is 14.6. The molecule has 1 amide bonds. The van der Waals surface area contributed by atoms with Crippen LogP contribution in [0.15, 0.2) is 30.3 Å². The van der Waals surface area contributed by atoms with Crippen LogP contribution in [0.4, 0.5) is 5.82 Å². The molecule has 7 nitrogen and oxygen atoms in total. The number of aromatic nitrogens is 2. The summed E-state index contributed by atoms with van der Waals surface area (Å²) in [6, 6.07) is 10.2. The molecule has 4 rings (SSSR count). The molecule has 0 aliphatic carbocycles. The number of aryl methyl sites for hydroxylation is 2. The fraction of sp³-hybridized carbons (Fsp3) is 0.565. The van der Waals surface area contributed by atoms with E-state index in [1.807, 2.05) is 19.1 Å². The van der Waals surface area contributed by atoms with E-state index < -0.39 is 0 Å². The zero-order valence-corrected chi connectivity index (χ0v) is 18.3. The smallest absolute Gasteiger partial charge is 0.251 e. The van der Waals surface area contributed by atoms with Gasteiger partial charge in [-0.05, 0) is 37.6 Å². The number of hydrogen-bond acceptors (Lipinski definition) is 5. The number of carbonyl (C=O) groups is 1. The molecule has 7 heteroatoms. The predicted octanol–water partition coefficient (Wildman–Crippen LogP) is 1.97. The van der Waals surface area contributed by atoms with Gasteiger partial charge in [0.1, 0.15) is 5.82 Å². The molecule has 162 valence electrons. The summed E-state index contributed by atoms with van der Waals surface area (Å²) in [5.41, 5.74) is 3.01. The molecule has 0 radical (unpaired) electrons. The Morgan fingerprint density at radius 2 is 1.77 bits per heavy atom. The Morgan fingerprint density at radius 3 is 2.50 bits per heavy atom. The van der Waals surface area contributed by atoms with Crippen molar-refractivity contribution in [3.8, 4) is 0 Å². The number of likely N-dealkylation sites (N-methyl/N-ethyl adjacent to an activating group) is 1.